The van der Waals surface area contributed by atoms with E-state index in [1.807, 2.05) is 11.8 Å². The molecule has 96 valence electrons. The minimum absolute atomic E-state index is 0.320. The van der Waals surface area contributed by atoms with Gasteiger partial charge in [-0.1, -0.05) is 19.1 Å². The van der Waals surface area contributed by atoms with Crippen molar-refractivity contribution in [1.82, 2.24) is 0 Å². The maximum absolute atomic E-state index is 5.85. The minimum Gasteiger partial charge on any atom is -0.492 e. The van der Waals surface area contributed by atoms with Gasteiger partial charge in [-0.05, 0) is 37.5 Å². The number of thioether (sulfide) groups is 1. The maximum Gasteiger partial charge on any atom is 0.122 e. The fourth-order valence-electron chi connectivity index (χ4n) is 1.43. The second-order valence-corrected chi connectivity index (χ2v) is 5.51. The maximum atomic E-state index is 5.85. The summed E-state index contributed by atoms with van der Waals surface area (Å²) in [6, 6.07) is 6.63. The van der Waals surface area contributed by atoms with Crippen molar-refractivity contribution in [3.05, 3.63) is 29.3 Å². The van der Waals surface area contributed by atoms with Gasteiger partial charge in [-0.2, -0.15) is 11.8 Å². The predicted molar refractivity (Wildman–Crippen MR) is 77.0 cm³/mol. The first kappa shape index (κ1) is 14.4. The molecule has 3 heteroatoms. The van der Waals surface area contributed by atoms with Gasteiger partial charge in [0.2, 0.25) is 0 Å². The van der Waals surface area contributed by atoms with Crippen LogP contribution in [0, 0.1) is 13.8 Å². The lowest BCUT2D eigenvalue weighted by atomic mass is 10.1. The average Bonchev–Trinajstić information content (AvgIpc) is 2.32. The Morgan fingerprint density at radius 2 is 2.12 bits per heavy atom. The van der Waals surface area contributed by atoms with Gasteiger partial charge >= 0.3 is 0 Å². The summed E-state index contributed by atoms with van der Waals surface area (Å²) in [7, 11) is 0. The molecule has 0 fully saturated rings. The van der Waals surface area contributed by atoms with Gasteiger partial charge in [-0.25, -0.2) is 0 Å². The Balaban J connectivity index is 2.24. The predicted octanol–water partition coefficient (Wildman–Crippen LogP) is 3.15. The molecule has 0 radical (unpaired) electrons. The molecule has 0 aliphatic carbocycles. The van der Waals surface area contributed by atoms with Crippen LogP contribution >= 0.6 is 11.8 Å². The first-order valence-electron chi connectivity index (χ1n) is 6.17. The number of ether oxygens (including phenoxy) is 1. The van der Waals surface area contributed by atoms with Crippen LogP contribution in [-0.2, 0) is 0 Å². The molecule has 0 amide bonds. The molecule has 2 nitrogen and oxygen atoms in total. The monoisotopic (exact) mass is 253 g/mol. The molecule has 0 saturated heterocycles. The Bertz CT molecular complexity index is 341. The molecule has 0 aliphatic rings. The van der Waals surface area contributed by atoms with Crippen molar-refractivity contribution >= 4 is 11.8 Å². The van der Waals surface area contributed by atoms with Crippen molar-refractivity contribution in [1.29, 1.82) is 0 Å². The highest BCUT2D eigenvalue weighted by Crippen LogP contribution is 2.19. The van der Waals surface area contributed by atoms with Crippen molar-refractivity contribution in [2.24, 2.45) is 5.73 Å². The number of hydrogen-bond donors (Lipinski definition) is 1. The zero-order valence-electron chi connectivity index (χ0n) is 11.0. The van der Waals surface area contributed by atoms with E-state index < -0.39 is 0 Å². The van der Waals surface area contributed by atoms with Crippen LogP contribution in [0.25, 0.3) is 0 Å². The van der Waals surface area contributed by atoms with Crippen LogP contribution in [0.5, 0.6) is 5.75 Å². The third-order valence-electron chi connectivity index (χ3n) is 2.69. The number of rotatable bonds is 7. The fraction of sp³-hybridized carbons (Fsp3) is 0.571. The largest absolute Gasteiger partial charge is 0.492 e. The van der Waals surface area contributed by atoms with E-state index in [0.717, 1.165) is 30.3 Å². The Morgan fingerprint density at radius 1 is 1.35 bits per heavy atom. The Kier molecular flexibility index (Phi) is 6.45. The normalized spacial score (nSPS) is 12.5. The summed E-state index contributed by atoms with van der Waals surface area (Å²) in [5.74, 6) is 3.03. The van der Waals surface area contributed by atoms with E-state index >= 15 is 0 Å². The summed E-state index contributed by atoms with van der Waals surface area (Å²) in [6.07, 6.45) is 1.05. The lowest BCUT2D eigenvalue weighted by molar-refractivity contribution is 0.341. The molecule has 2 N–H and O–H groups in total. The smallest absolute Gasteiger partial charge is 0.122 e. The molecular weight excluding hydrogens is 230 g/mol. The van der Waals surface area contributed by atoms with Gasteiger partial charge in [0.25, 0.3) is 0 Å². The highest BCUT2D eigenvalue weighted by molar-refractivity contribution is 7.99. The van der Waals surface area contributed by atoms with Crippen LogP contribution in [0.4, 0.5) is 0 Å². The van der Waals surface area contributed by atoms with Crippen LogP contribution in [0.3, 0.4) is 0 Å². The van der Waals surface area contributed by atoms with Crippen LogP contribution < -0.4 is 10.5 Å². The van der Waals surface area contributed by atoms with Crippen molar-refractivity contribution < 1.29 is 4.74 Å². The molecule has 0 aromatic heterocycles. The molecular formula is C14H23NOS. The van der Waals surface area contributed by atoms with Crippen molar-refractivity contribution in [2.45, 2.75) is 33.2 Å². The van der Waals surface area contributed by atoms with Gasteiger partial charge in [-0.3, -0.25) is 0 Å². The molecule has 1 atom stereocenters. The first-order valence-corrected chi connectivity index (χ1v) is 7.32. The summed E-state index contributed by atoms with van der Waals surface area (Å²) >= 11 is 1.87. The summed E-state index contributed by atoms with van der Waals surface area (Å²) < 4.78 is 5.77. The SMILES string of the molecule is CCC(N)CSCCOc1cc(C)ccc1C. The molecule has 1 aromatic rings. The lowest BCUT2D eigenvalue weighted by Crippen LogP contribution is -2.21. The zero-order chi connectivity index (χ0) is 12.7. The summed E-state index contributed by atoms with van der Waals surface area (Å²) in [5, 5.41) is 0. The minimum atomic E-state index is 0.320. The fourth-order valence-corrected chi connectivity index (χ4v) is 2.33. The van der Waals surface area contributed by atoms with Crippen LogP contribution in [-0.4, -0.2) is 24.2 Å². The second-order valence-electron chi connectivity index (χ2n) is 4.36. The Labute approximate surface area is 109 Å². The van der Waals surface area contributed by atoms with E-state index in [9.17, 15) is 0 Å². The van der Waals surface area contributed by atoms with E-state index in [0.29, 0.717) is 6.04 Å². The highest BCUT2D eigenvalue weighted by atomic mass is 32.2. The Morgan fingerprint density at radius 3 is 2.82 bits per heavy atom. The van der Waals surface area contributed by atoms with Crippen molar-refractivity contribution in [2.75, 3.05) is 18.1 Å². The molecule has 1 unspecified atom stereocenters. The summed E-state index contributed by atoms with van der Waals surface area (Å²) in [4.78, 5) is 0. The molecule has 0 bridgehead atoms. The van der Waals surface area contributed by atoms with Crippen molar-refractivity contribution in [3.63, 3.8) is 0 Å². The van der Waals surface area contributed by atoms with Gasteiger partial charge in [-0.15, -0.1) is 0 Å². The Hall–Kier alpha value is -0.670. The average molecular weight is 253 g/mol. The van der Waals surface area contributed by atoms with Gasteiger partial charge in [0.05, 0.1) is 6.61 Å². The first-order chi connectivity index (χ1) is 8.13. The van der Waals surface area contributed by atoms with Gasteiger partial charge in [0.15, 0.2) is 0 Å². The number of benzene rings is 1. The quantitative estimate of drug-likeness (QED) is 0.758. The standard InChI is InChI=1S/C14H23NOS/c1-4-13(15)10-17-8-7-16-14-9-11(2)5-6-12(14)3/h5-6,9,13H,4,7-8,10,15H2,1-3H3. The van der Waals surface area contributed by atoms with Crippen molar-refractivity contribution in [3.8, 4) is 5.75 Å². The molecule has 0 saturated carbocycles. The lowest BCUT2D eigenvalue weighted by Gasteiger charge is -2.11. The van der Waals surface area contributed by atoms with Crippen LogP contribution in [0.1, 0.15) is 24.5 Å². The molecule has 0 aliphatic heterocycles. The van der Waals surface area contributed by atoms with Gasteiger partial charge < -0.3 is 10.5 Å². The molecule has 17 heavy (non-hydrogen) atoms. The van der Waals surface area contributed by atoms with Gasteiger partial charge in [0, 0.05) is 17.5 Å². The number of aryl methyl sites for hydroxylation is 2. The summed E-state index contributed by atoms with van der Waals surface area (Å²) in [5.41, 5.74) is 8.29. The molecule has 0 heterocycles. The molecule has 1 aromatic carbocycles. The molecule has 0 spiro atoms. The van der Waals surface area contributed by atoms with E-state index in [1.165, 1.54) is 11.1 Å². The van der Waals surface area contributed by atoms with Gasteiger partial charge in [0.1, 0.15) is 5.75 Å². The topological polar surface area (TPSA) is 35.2 Å². The highest BCUT2D eigenvalue weighted by Gasteiger charge is 2.01. The number of nitrogens with two attached hydrogens (primary N) is 1. The van der Waals surface area contributed by atoms with E-state index in [1.54, 1.807) is 0 Å². The van der Waals surface area contributed by atoms with E-state index in [-0.39, 0.29) is 0 Å². The van der Waals surface area contributed by atoms with E-state index in [4.69, 9.17) is 10.5 Å². The van der Waals surface area contributed by atoms with Crippen LogP contribution in [0.15, 0.2) is 18.2 Å². The second kappa shape index (κ2) is 7.62. The molecule has 1 rings (SSSR count). The zero-order valence-corrected chi connectivity index (χ0v) is 11.8. The van der Waals surface area contributed by atoms with E-state index in [2.05, 4.69) is 39.0 Å². The summed E-state index contributed by atoms with van der Waals surface area (Å²) in [6.45, 7) is 7.04. The number of hydrogen-bond acceptors (Lipinski definition) is 3. The third kappa shape index (κ3) is 5.46. The van der Waals surface area contributed by atoms with Crippen LogP contribution in [0.2, 0.25) is 0 Å². The third-order valence-corrected chi connectivity index (χ3v) is 3.80.